The van der Waals surface area contributed by atoms with Crippen LogP contribution in [-0.2, 0) is 0 Å². The van der Waals surface area contributed by atoms with Gasteiger partial charge in [0.2, 0.25) is 5.28 Å². The zero-order valence-electron chi connectivity index (χ0n) is 25.6. The highest BCUT2D eigenvalue weighted by Crippen LogP contribution is 2.27. The van der Waals surface area contributed by atoms with E-state index in [1.807, 2.05) is 59.0 Å². The highest BCUT2D eigenvalue weighted by Gasteiger charge is 2.12. The number of rotatable bonds is 3. The molecule has 7 rings (SSSR count). The molecule has 3 aromatic heterocycles. The molecule has 0 unspecified atom stereocenters. The summed E-state index contributed by atoms with van der Waals surface area (Å²) in [5.41, 5.74) is 5.39. The third-order valence-electron chi connectivity index (χ3n) is 6.85. The number of oxazole rings is 1. The van der Waals surface area contributed by atoms with Crippen LogP contribution in [-0.4, -0.2) is 48.0 Å². The molecule has 0 aliphatic heterocycles. The largest absolute Gasteiger partial charge is 0.507 e. The lowest BCUT2D eigenvalue weighted by Gasteiger charge is -2.28. The number of H-pyrrole nitrogens is 1. The Hall–Kier alpha value is -3.27. The first-order chi connectivity index (χ1) is 21.5. The summed E-state index contributed by atoms with van der Waals surface area (Å²) in [7, 11) is 0. The molecule has 11 heteroatoms. The minimum Gasteiger partial charge on any atom is -0.507 e. The van der Waals surface area contributed by atoms with Crippen molar-refractivity contribution in [2.45, 2.75) is 54.1 Å². The normalized spacial score (nSPS) is 10.9. The number of nitrogens with zero attached hydrogens (tertiary/aromatic N) is 4. The molecule has 0 saturated carbocycles. The summed E-state index contributed by atoms with van der Waals surface area (Å²) >= 11 is 20.5. The van der Waals surface area contributed by atoms with E-state index in [1.165, 1.54) is 0 Å². The van der Waals surface area contributed by atoms with Crippen LogP contribution in [0.1, 0.15) is 42.0 Å². The second kappa shape index (κ2) is 17.0. The zero-order valence-corrected chi connectivity index (χ0v) is 29.5. The maximum Gasteiger partial charge on any atom is 0.307 e. The summed E-state index contributed by atoms with van der Waals surface area (Å²) in [6, 6.07) is 27.3. The molecule has 0 bridgehead atoms. The number of phenolic OH excluding ortho intramolecular Hbond substituents is 1. The Morgan fingerprint density at radius 1 is 0.826 bits per heavy atom. The van der Waals surface area contributed by atoms with Crippen molar-refractivity contribution < 1.29 is 9.52 Å². The first-order valence-corrected chi connectivity index (χ1v) is 16.4. The Kier molecular flexibility index (Phi) is 13.8. The monoisotopic (exact) mass is 745 g/mol. The van der Waals surface area contributed by atoms with E-state index < -0.39 is 0 Å². The number of aromatic amines is 1. The number of aromatic nitrogens is 4. The van der Waals surface area contributed by atoms with Crippen molar-refractivity contribution in [2.24, 2.45) is 0 Å². The molecule has 0 amide bonds. The fourth-order valence-corrected chi connectivity index (χ4v) is 5.70. The maximum absolute atomic E-state index is 8.87. The van der Waals surface area contributed by atoms with E-state index in [1.54, 1.807) is 30.3 Å². The third kappa shape index (κ3) is 9.39. The summed E-state index contributed by atoms with van der Waals surface area (Å²) < 4.78 is 8.40. The van der Waals surface area contributed by atoms with Gasteiger partial charge in [0.25, 0.3) is 0 Å². The molecule has 244 valence electrons. The van der Waals surface area contributed by atoms with E-state index in [-0.39, 0.29) is 13.2 Å². The Labute approximate surface area is 293 Å². The first kappa shape index (κ1) is 37.2. The van der Waals surface area contributed by atoms with Gasteiger partial charge >= 0.3 is 5.84 Å². The fourth-order valence-electron chi connectivity index (χ4n) is 4.88. The van der Waals surface area contributed by atoms with Gasteiger partial charge in [-0.3, -0.25) is 9.30 Å². The summed E-state index contributed by atoms with van der Waals surface area (Å²) in [5, 5.41) is 10.6. The Bertz CT molecular complexity index is 1970. The van der Waals surface area contributed by atoms with Crippen molar-refractivity contribution in [1.29, 1.82) is 0 Å². The van der Waals surface area contributed by atoms with Gasteiger partial charge in [-0.2, -0.15) is 4.98 Å². The van der Waals surface area contributed by atoms with Crippen molar-refractivity contribution in [1.82, 2.24) is 24.3 Å². The second-order valence-electron chi connectivity index (χ2n) is 10.6. The number of hydrogen-bond acceptors (Lipinski definition) is 5. The number of nitrogens with one attached hydrogen (secondary N) is 1. The summed E-state index contributed by atoms with van der Waals surface area (Å²) in [6.45, 7) is 12.3. The third-order valence-corrected chi connectivity index (χ3v) is 8.17. The van der Waals surface area contributed by atoms with Crippen LogP contribution < -0.4 is 0 Å². The molecule has 7 nitrogen and oxygen atoms in total. The molecule has 0 aliphatic rings. The van der Waals surface area contributed by atoms with Gasteiger partial charge < -0.3 is 14.5 Å². The topological polar surface area (TPSA) is 82.6 Å². The molecule has 0 fully saturated rings. The van der Waals surface area contributed by atoms with E-state index in [0.29, 0.717) is 33.3 Å². The minimum absolute atomic E-state index is 0. The number of benzene rings is 4. The van der Waals surface area contributed by atoms with Crippen LogP contribution in [0.2, 0.25) is 15.3 Å². The molecule has 46 heavy (non-hydrogen) atoms. The number of para-hydroxylation sites is 3. The lowest BCUT2D eigenvalue weighted by Crippen LogP contribution is -2.36. The van der Waals surface area contributed by atoms with Crippen molar-refractivity contribution in [3.8, 4) is 5.75 Å². The lowest BCUT2D eigenvalue weighted by molar-refractivity contribution is 0.185. The van der Waals surface area contributed by atoms with E-state index >= 15 is 0 Å². The van der Waals surface area contributed by atoms with Gasteiger partial charge in [-0.1, -0.05) is 61.8 Å². The number of hydrogen-bond donors (Lipinski definition) is 2. The van der Waals surface area contributed by atoms with Crippen molar-refractivity contribution >= 4 is 89.7 Å². The summed E-state index contributed by atoms with van der Waals surface area (Å²) in [5.74, 6) is 0.885. The van der Waals surface area contributed by atoms with E-state index in [4.69, 9.17) is 44.3 Å². The molecule has 7 aromatic rings. The minimum atomic E-state index is 0. The second-order valence-corrected chi connectivity index (χ2v) is 12.7. The molecule has 0 saturated heterocycles. The molecule has 0 spiro atoms. The van der Waals surface area contributed by atoms with Crippen molar-refractivity contribution in [3.05, 3.63) is 105 Å². The van der Waals surface area contributed by atoms with Gasteiger partial charge in [0.05, 0.1) is 32.1 Å². The molecular formula is C35H39BrCl3N5O2. The quantitative estimate of drug-likeness (QED) is 0.188. The Balaban J connectivity index is 0.000000175. The van der Waals surface area contributed by atoms with Crippen LogP contribution in [0.25, 0.3) is 39.0 Å². The number of fused-ring (bicyclic) bond motifs is 6. The highest BCUT2D eigenvalue weighted by molar-refractivity contribution is 9.10. The highest BCUT2D eigenvalue weighted by atomic mass is 79.9. The van der Waals surface area contributed by atoms with Gasteiger partial charge in [0, 0.05) is 22.1 Å². The number of phenols is 1. The zero-order chi connectivity index (χ0) is 32.7. The van der Waals surface area contributed by atoms with Crippen LogP contribution in [0, 0.1) is 0 Å². The van der Waals surface area contributed by atoms with Crippen molar-refractivity contribution in [2.75, 3.05) is 6.54 Å². The van der Waals surface area contributed by atoms with Gasteiger partial charge in [0.1, 0.15) is 5.75 Å². The first-order valence-electron chi connectivity index (χ1n) is 14.4. The molecule has 4 aromatic carbocycles. The molecule has 2 N–H and O–H groups in total. The Morgan fingerprint density at radius 3 is 2.02 bits per heavy atom. The molecule has 3 heterocycles. The Morgan fingerprint density at radius 2 is 1.43 bits per heavy atom. The summed E-state index contributed by atoms with van der Waals surface area (Å²) in [6.07, 6.45) is 0. The van der Waals surface area contributed by atoms with Gasteiger partial charge in [0.15, 0.2) is 5.58 Å². The number of halogens is 4. The van der Waals surface area contributed by atoms with E-state index in [2.05, 4.69) is 70.4 Å². The van der Waals surface area contributed by atoms with Crippen LogP contribution in [0.4, 0.5) is 0 Å². The molecule has 0 aliphatic carbocycles. The average molecular weight is 748 g/mol. The predicted octanol–water partition coefficient (Wildman–Crippen LogP) is 11.7. The van der Waals surface area contributed by atoms with Crippen LogP contribution in [0.5, 0.6) is 5.75 Å². The summed E-state index contributed by atoms with van der Waals surface area (Å²) in [4.78, 5) is 13.8. The van der Waals surface area contributed by atoms with Crippen LogP contribution >= 0.6 is 50.7 Å². The molecule has 0 radical (unpaired) electrons. The smallest absolute Gasteiger partial charge is 0.307 e. The van der Waals surface area contributed by atoms with E-state index in [0.717, 1.165) is 44.2 Å². The number of aromatic hydroxyl groups is 1. The lowest BCUT2D eigenvalue weighted by atomic mass is 10.2. The van der Waals surface area contributed by atoms with Gasteiger partial charge in [-0.25, -0.2) is 4.98 Å². The van der Waals surface area contributed by atoms with E-state index in [9.17, 15) is 0 Å². The van der Waals surface area contributed by atoms with Crippen LogP contribution in [0.3, 0.4) is 0 Å². The van der Waals surface area contributed by atoms with Crippen LogP contribution in [0.15, 0.2) is 93.8 Å². The predicted molar refractivity (Wildman–Crippen MR) is 199 cm³/mol. The molecular weight excluding hydrogens is 709 g/mol. The van der Waals surface area contributed by atoms with Gasteiger partial charge in [-0.05, 0) is 122 Å². The average Bonchev–Trinajstić information content (AvgIpc) is 3.66. The number of imidazole rings is 2. The maximum atomic E-state index is 8.87. The standard InChI is InChI=1S/C13H7ClN2O.C8H19N.C7H4Cl2N2.C6H5BrO.CH4/c14-8-5-6-9-11(7-8)16-10-3-1-2-4-12(10)17-13(16)15-9;1-6-9(7(2)3)8(4)5;8-4-1-2-5-6(3-4)11-7(9)10-5;7-5-3-1-2-4-6(5)8;/h1-7H;7-8H,6H2,1-5H3;1-3H,(H,10,11);1-4,8H;1H4. The fraction of sp³-hybridized carbons (Fsp3) is 0.257. The SMILES string of the molecule is C.CCN(C(C)C)C(C)C.Clc1ccc2nc(Cl)[nH]c2c1.Clc1ccc2nc3oc4ccccc4n3c2c1.Oc1ccccc1Br. The van der Waals surface area contributed by atoms with Crippen molar-refractivity contribution in [3.63, 3.8) is 0 Å². The molecule has 0 atom stereocenters. The van der Waals surface area contributed by atoms with Gasteiger partial charge in [-0.15, -0.1) is 0 Å².